The minimum atomic E-state index is -0.249. The van der Waals surface area contributed by atoms with Gasteiger partial charge in [0, 0.05) is 0 Å². The fourth-order valence-electron chi connectivity index (χ4n) is 3.06. The van der Waals surface area contributed by atoms with Gasteiger partial charge in [-0.1, -0.05) is 5.92 Å². The maximum atomic E-state index is 6.18. The molecule has 110 valence electrons. The van der Waals surface area contributed by atoms with Gasteiger partial charge in [-0.15, -0.1) is 0 Å². The number of quaternary nitrogens is 1. The molecule has 1 aliphatic rings. The smallest absolute Gasteiger partial charge is 0.139 e. The molecule has 1 N–H and O–H groups in total. The van der Waals surface area contributed by atoms with Gasteiger partial charge in [0.05, 0.1) is 17.7 Å². The van der Waals surface area contributed by atoms with Crippen molar-refractivity contribution in [2.24, 2.45) is 0 Å². The van der Waals surface area contributed by atoms with Gasteiger partial charge in [0.2, 0.25) is 0 Å². The van der Waals surface area contributed by atoms with Gasteiger partial charge >= 0.3 is 0 Å². The Bertz CT molecular complexity index is 340. The number of ether oxygens (including phenoxy) is 1. The molecule has 0 aliphatic carbocycles. The first-order chi connectivity index (χ1) is 8.65. The van der Waals surface area contributed by atoms with Gasteiger partial charge in [0.1, 0.15) is 12.1 Å². The van der Waals surface area contributed by atoms with Crippen molar-refractivity contribution in [2.45, 2.75) is 91.0 Å². The van der Waals surface area contributed by atoms with E-state index in [-0.39, 0.29) is 11.2 Å². The maximum Gasteiger partial charge on any atom is 0.139 e. The fraction of sp³-hybridized carbons (Fsp3) is 0.882. The first kappa shape index (κ1) is 16.5. The van der Waals surface area contributed by atoms with E-state index in [1.54, 1.807) is 4.90 Å². The van der Waals surface area contributed by atoms with Crippen LogP contribution in [0.5, 0.6) is 0 Å². The number of hydrogen-bond donors (Lipinski definition) is 1. The average molecular weight is 266 g/mol. The minimum absolute atomic E-state index is 0.0235. The van der Waals surface area contributed by atoms with Crippen molar-refractivity contribution in [1.82, 2.24) is 0 Å². The number of hydrogen-bond acceptors (Lipinski definition) is 1. The van der Waals surface area contributed by atoms with Crippen LogP contribution >= 0.6 is 0 Å². The molecule has 1 rings (SSSR count). The van der Waals surface area contributed by atoms with Crippen molar-refractivity contribution >= 4 is 0 Å². The van der Waals surface area contributed by atoms with E-state index in [4.69, 9.17) is 4.74 Å². The van der Waals surface area contributed by atoms with E-state index in [0.29, 0.717) is 12.1 Å². The first-order valence-electron chi connectivity index (χ1n) is 7.71. The van der Waals surface area contributed by atoms with Gasteiger partial charge in [-0.3, -0.25) is 0 Å². The van der Waals surface area contributed by atoms with Gasteiger partial charge in [-0.25, -0.2) is 0 Å². The molecular weight excluding hydrogens is 234 g/mol. The SMILES string of the molecule is CC(C)[NH+](CC#C[C@]1(C)CCCC(C)(C)O1)C(C)C. The summed E-state index contributed by atoms with van der Waals surface area (Å²) in [6.45, 7) is 16.5. The normalized spacial score (nSPS) is 26.6. The maximum absolute atomic E-state index is 6.18. The molecule has 1 aliphatic heterocycles. The molecule has 0 saturated carbocycles. The lowest BCUT2D eigenvalue weighted by molar-refractivity contribution is -0.935. The van der Waals surface area contributed by atoms with Crippen LogP contribution in [0.25, 0.3) is 0 Å². The molecule has 0 unspecified atom stereocenters. The molecule has 1 heterocycles. The van der Waals surface area contributed by atoms with Crippen LogP contribution in [0.1, 0.15) is 67.7 Å². The van der Waals surface area contributed by atoms with E-state index < -0.39 is 0 Å². The van der Waals surface area contributed by atoms with Gasteiger partial charge in [0.15, 0.2) is 0 Å². The van der Waals surface area contributed by atoms with Crippen LogP contribution in [0.4, 0.5) is 0 Å². The van der Waals surface area contributed by atoms with Crippen LogP contribution in [0.3, 0.4) is 0 Å². The lowest BCUT2D eigenvalue weighted by atomic mass is 9.88. The van der Waals surface area contributed by atoms with Gasteiger partial charge in [-0.05, 0) is 73.6 Å². The first-order valence-corrected chi connectivity index (χ1v) is 7.71. The van der Waals surface area contributed by atoms with Crippen LogP contribution in [-0.4, -0.2) is 29.8 Å². The van der Waals surface area contributed by atoms with Crippen LogP contribution in [0.2, 0.25) is 0 Å². The summed E-state index contributed by atoms with van der Waals surface area (Å²) in [7, 11) is 0. The summed E-state index contributed by atoms with van der Waals surface area (Å²) in [6.07, 6.45) is 3.41. The van der Waals surface area contributed by atoms with Crippen molar-refractivity contribution in [1.29, 1.82) is 0 Å². The molecule has 0 bridgehead atoms. The predicted molar refractivity (Wildman–Crippen MR) is 81.3 cm³/mol. The summed E-state index contributed by atoms with van der Waals surface area (Å²) in [6, 6.07) is 1.23. The second kappa shape index (κ2) is 6.29. The second-order valence-corrected chi connectivity index (χ2v) is 7.31. The fourth-order valence-corrected chi connectivity index (χ4v) is 3.06. The van der Waals surface area contributed by atoms with E-state index in [1.165, 1.54) is 6.42 Å². The summed E-state index contributed by atoms with van der Waals surface area (Å²) >= 11 is 0. The Balaban J connectivity index is 2.66. The van der Waals surface area contributed by atoms with Crippen LogP contribution < -0.4 is 4.90 Å². The van der Waals surface area contributed by atoms with E-state index in [9.17, 15) is 0 Å². The molecule has 1 saturated heterocycles. The largest absolute Gasteiger partial charge is 0.357 e. The standard InChI is InChI=1S/C17H31NO/c1-14(2)18(15(3)4)13-9-12-17(7)11-8-10-16(5,6)19-17/h14-15H,8,10-11,13H2,1-7H3/p+1/t17-/m0/s1. The van der Waals surface area contributed by atoms with E-state index in [1.807, 2.05) is 0 Å². The van der Waals surface area contributed by atoms with Crippen molar-refractivity contribution in [3.8, 4) is 11.8 Å². The summed E-state index contributed by atoms with van der Waals surface area (Å²) in [5.74, 6) is 6.78. The third-order valence-electron chi connectivity index (χ3n) is 4.06. The van der Waals surface area contributed by atoms with E-state index in [2.05, 4.69) is 60.3 Å². The lowest BCUT2D eigenvalue weighted by Crippen LogP contribution is -3.17. The third-order valence-corrected chi connectivity index (χ3v) is 4.06. The Morgan fingerprint density at radius 2 is 1.63 bits per heavy atom. The molecule has 19 heavy (non-hydrogen) atoms. The van der Waals surface area contributed by atoms with E-state index >= 15 is 0 Å². The average Bonchev–Trinajstić information content (AvgIpc) is 2.21. The molecule has 0 amide bonds. The van der Waals surface area contributed by atoms with Crippen LogP contribution in [0.15, 0.2) is 0 Å². The van der Waals surface area contributed by atoms with Gasteiger partial charge in [-0.2, -0.15) is 0 Å². The lowest BCUT2D eigenvalue weighted by Gasteiger charge is -2.40. The number of nitrogens with one attached hydrogen (secondary N) is 1. The highest BCUT2D eigenvalue weighted by atomic mass is 16.5. The highest BCUT2D eigenvalue weighted by Crippen LogP contribution is 2.34. The molecule has 1 atom stereocenters. The minimum Gasteiger partial charge on any atom is -0.357 e. The third kappa shape index (κ3) is 5.16. The molecule has 0 spiro atoms. The summed E-state index contributed by atoms with van der Waals surface area (Å²) in [4.78, 5) is 1.55. The molecule has 2 nitrogen and oxygen atoms in total. The van der Waals surface area contributed by atoms with Crippen molar-refractivity contribution < 1.29 is 9.64 Å². The molecular formula is C17H32NO+. The zero-order valence-electron chi connectivity index (χ0n) is 13.9. The zero-order valence-corrected chi connectivity index (χ0v) is 13.9. The second-order valence-electron chi connectivity index (χ2n) is 7.31. The Morgan fingerprint density at radius 1 is 1.05 bits per heavy atom. The summed E-state index contributed by atoms with van der Waals surface area (Å²) < 4.78 is 6.18. The van der Waals surface area contributed by atoms with Gasteiger partial charge in [0.25, 0.3) is 0 Å². The zero-order chi connectivity index (χ0) is 14.7. The van der Waals surface area contributed by atoms with Crippen molar-refractivity contribution in [2.75, 3.05) is 6.54 Å². The Morgan fingerprint density at radius 3 is 2.11 bits per heavy atom. The molecule has 0 radical (unpaired) electrons. The molecule has 0 aromatic rings. The highest BCUT2D eigenvalue weighted by molar-refractivity contribution is 5.14. The summed E-state index contributed by atoms with van der Waals surface area (Å²) in [5, 5.41) is 0. The Hall–Kier alpha value is -0.520. The topological polar surface area (TPSA) is 13.7 Å². The number of rotatable bonds is 3. The van der Waals surface area contributed by atoms with Crippen LogP contribution in [0, 0.1) is 11.8 Å². The molecule has 0 aromatic carbocycles. The predicted octanol–water partition coefficient (Wildman–Crippen LogP) is 2.43. The van der Waals surface area contributed by atoms with Crippen molar-refractivity contribution in [3.63, 3.8) is 0 Å². The Kier molecular flexibility index (Phi) is 5.47. The quantitative estimate of drug-likeness (QED) is 0.775. The molecule has 0 aromatic heterocycles. The van der Waals surface area contributed by atoms with Gasteiger partial charge < -0.3 is 9.64 Å². The molecule has 2 heteroatoms. The monoisotopic (exact) mass is 266 g/mol. The Labute approximate surface area is 119 Å². The van der Waals surface area contributed by atoms with Crippen LogP contribution in [-0.2, 0) is 4.74 Å². The van der Waals surface area contributed by atoms with E-state index in [0.717, 1.165) is 19.4 Å². The highest BCUT2D eigenvalue weighted by Gasteiger charge is 2.36. The summed E-state index contributed by atoms with van der Waals surface area (Å²) in [5.41, 5.74) is -0.273. The van der Waals surface area contributed by atoms with Crippen molar-refractivity contribution in [3.05, 3.63) is 0 Å². The molecule has 1 fully saturated rings.